The molecule has 4 rings (SSSR count). The van der Waals surface area contributed by atoms with Crippen molar-refractivity contribution in [1.29, 1.82) is 0 Å². The number of pyridine rings is 1. The van der Waals surface area contributed by atoms with Crippen molar-refractivity contribution in [2.75, 3.05) is 40.8 Å². The number of carbonyl (C=O) groups is 2. The Balaban J connectivity index is 1.78. The Kier molecular flexibility index (Phi) is 5.22. The van der Waals surface area contributed by atoms with Crippen LogP contribution in [0.5, 0.6) is 0 Å². The van der Waals surface area contributed by atoms with E-state index in [0.717, 1.165) is 18.5 Å². The maximum absolute atomic E-state index is 13.0. The van der Waals surface area contributed by atoms with Crippen LogP contribution in [0.15, 0.2) is 18.2 Å². The summed E-state index contributed by atoms with van der Waals surface area (Å²) >= 11 is 0. The van der Waals surface area contributed by atoms with Gasteiger partial charge in [-0.15, -0.1) is 0 Å². The van der Waals surface area contributed by atoms with Gasteiger partial charge in [0.05, 0.1) is 12.3 Å². The van der Waals surface area contributed by atoms with Gasteiger partial charge in [0.1, 0.15) is 5.69 Å². The normalized spacial score (nSPS) is 22.7. The lowest BCUT2D eigenvalue weighted by molar-refractivity contribution is 0.0579. The lowest BCUT2D eigenvalue weighted by Gasteiger charge is -2.35. The molecular formula is C18H26N4O3. The fourth-order valence-corrected chi connectivity index (χ4v) is 3.74. The molecule has 0 unspecified atom stereocenters. The molecule has 136 valence electrons. The van der Waals surface area contributed by atoms with Gasteiger partial charge in [0.15, 0.2) is 0 Å². The standard InChI is InChI=1S/C18H26N4O3/c1-20(2)18(24)21-9-13-7-8-15(11-21)22(10-13)17(23)16-6-4-5-14(19-16)12-25-3/h4-6,13,15H,7-12H2,1-3H3/t13-,15+/m1/s1. The summed E-state index contributed by atoms with van der Waals surface area (Å²) in [5, 5.41) is 0. The van der Waals surface area contributed by atoms with Crippen molar-refractivity contribution in [2.24, 2.45) is 5.92 Å². The summed E-state index contributed by atoms with van der Waals surface area (Å²) in [6.07, 6.45) is 1.99. The van der Waals surface area contributed by atoms with Gasteiger partial charge in [-0.3, -0.25) is 4.79 Å². The first-order valence-corrected chi connectivity index (χ1v) is 8.71. The third-order valence-corrected chi connectivity index (χ3v) is 4.95. The molecule has 0 saturated carbocycles. The van der Waals surface area contributed by atoms with Crippen molar-refractivity contribution in [3.8, 4) is 0 Å². The number of piperidine rings is 1. The summed E-state index contributed by atoms with van der Waals surface area (Å²) < 4.78 is 5.10. The number of aromatic nitrogens is 1. The molecule has 2 bridgehead atoms. The van der Waals surface area contributed by atoms with E-state index in [1.807, 2.05) is 21.9 Å². The number of methoxy groups -OCH3 is 1. The second-order valence-corrected chi connectivity index (χ2v) is 7.08. The van der Waals surface area contributed by atoms with Gasteiger partial charge in [0, 0.05) is 46.9 Å². The molecule has 3 fully saturated rings. The minimum absolute atomic E-state index is 0.0198. The molecule has 3 aliphatic heterocycles. The zero-order valence-corrected chi connectivity index (χ0v) is 15.1. The summed E-state index contributed by atoms with van der Waals surface area (Å²) in [7, 11) is 5.15. The van der Waals surface area contributed by atoms with E-state index in [-0.39, 0.29) is 18.0 Å². The fourth-order valence-electron chi connectivity index (χ4n) is 3.74. The molecule has 2 atom stereocenters. The van der Waals surface area contributed by atoms with Crippen LogP contribution in [0.4, 0.5) is 4.79 Å². The van der Waals surface area contributed by atoms with Gasteiger partial charge in [0.2, 0.25) is 0 Å². The average molecular weight is 346 g/mol. The molecule has 7 heteroatoms. The van der Waals surface area contributed by atoms with Gasteiger partial charge in [-0.1, -0.05) is 6.07 Å². The Labute approximate surface area is 148 Å². The molecule has 3 aliphatic rings. The van der Waals surface area contributed by atoms with E-state index in [9.17, 15) is 9.59 Å². The highest BCUT2D eigenvalue weighted by Crippen LogP contribution is 2.29. The van der Waals surface area contributed by atoms with Gasteiger partial charge in [-0.25, -0.2) is 9.78 Å². The number of carbonyl (C=O) groups excluding carboxylic acids is 2. The van der Waals surface area contributed by atoms with E-state index in [1.165, 1.54) is 0 Å². The maximum atomic E-state index is 13.0. The molecule has 0 N–H and O–H groups in total. The first kappa shape index (κ1) is 17.7. The topological polar surface area (TPSA) is 66.0 Å². The van der Waals surface area contributed by atoms with Crippen molar-refractivity contribution in [1.82, 2.24) is 19.7 Å². The zero-order chi connectivity index (χ0) is 18.0. The molecule has 3 saturated heterocycles. The van der Waals surface area contributed by atoms with Crippen LogP contribution < -0.4 is 0 Å². The Morgan fingerprint density at radius 3 is 2.76 bits per heavy atom. The molecule has 0 spiro atoms. The van der Waals surface area contributed by atoms with Crippen LogP contribution in [-0.4, -0.2) is 78.5 Å². The van der Waals surface area contributed by atoms with Crippen molar-refractivity contribution in [2.45, 2.75) is 25.5 Å². The minimum atomic E-state index is -0.0493. The SMILES string of the molecule is COCc1cccc(C(=O)N2C[C@@H]3CC[C@H]2CN(C(=O)N(C)C)C3)n1. The van der Waals surface area contributed by atoms with Gasteiger partial charge in [-0.05, 0) is 30.9 Å². The smallest absolute Gasteiger partial charge is 0.319 e. The summed E-state index contributed by atoms with van der Waals surface area (Å²) in [6.45, 7) is 2.39. The third-order valence-electron chi connectivity index (χ3n) is 4.95. The Hall–Kier alpha value is -2.15. The molecule has 1 aromatic rings. The molecule has 7 nitrogen and oxygen atoms in total. The summed E-state index contributed by atoms with van der Waals surface area (Å²) in [4.78, 5) is 35.2. The van der Waals surface area contributed by atoms with Crippen LogP contribution in [0.25, 0.3) is 0 Å². The number of urea groups is 1. The number of ether oxygens (including phenoxy) is 1. The quantitative estimate of drug-likeness (QED) is 0.831. The predicted octanol–water partition coefficient (Wildman–Crippen LogP) is 1.45. The second-order valence-electron chi connectivity index (χ2n) is 7.08. The molecule has 0 aliphatic carbocycles. The lowest BCUT2D eigenvalue weighted by Crippen LogP contribution is -2.48. The van der Waals surface area contributed by atoms with Gasteiger partial charge in [0.25, 0.3) is 5.91 Å². The number of nitrogens with zero attached hydrogens (tertiary/aromatic N) is 4. The first-order valence-electron chi connectivity index (χ1n) is 8.71. The van der Waals surface area contributed by atoms with E-state index < -0.39 is 0 Å². The Morgan fingerprint density at radius 2 is 2.04 bits per heavy atom. The van der Waals surface area contributed by atoms with E-state index in [1.54, 1.807) is 32.2 Å². The highest BCUT2D eigenvalue weighted by atomic mass is 16.5. The average Bonchev–Trinajstić information content (AvgIpc) is 2.92. The fraction of sp³-hybridized carbons (Fsp3) is 0.611. The van der Waals surface area contributed by atoms with Gasteiger partial charge in [-0.2, -0.15) is 0 Å². The monoisotopic (exact) mass is 346 g/mol. The molecule has 0 radical (unpaired) electrons. The molecule has 1 aromatic heterocycles. The van der Waals surface area contributed by atoms with E-state index >= 15 is 0 Å². The summed E-state index contributed by atoms with van der Waals surface area (Å²) in [5.41, 5.74) is 1.20. The number of hydrogen-bond donors (Lipinski definition) is 0. The number of hydrogen-bond acceptors (Lipinski definition) is 4. The number of rotatable bonds is 3. The predicted molar refractivity (Wildman–Crippen MR) is 93.2 cm³/mol. The minimum Gasteiger partial charge on any atom is -0.378 e. The Morgan fingerprint density at radius 1 is 1.24 bits per heavy atom. The second kappa shape index (κ2) is 7.39. The highest BCUT2D eigenvalue weighted by molar-refractivity contribution is 5.92. The molecule has 3 amide bonds. The van der Waals surface area contributed by atoms with Crippen LogP contribution in [0.2, 0.25) is 0 Å². The van der Waals surface area contributed by atoms with E-state index in [0.29, 0.717) is 37.9 Å². The van der Waals surface area contributed by atoms with Crippen LogP contribution in [-0.2, 0) is 11.3 Å². The first-order chi connectivity index (χ1) is 12.0. The molecule has 0 aromatic carbocycles. The van der Waals surface area contributed by atoms with Crippen molar-refractivity contribution < 1.29 is 14.3 Å². The molecular weight excluding hydrogens is 320 g/mol. The van der Waals surface area contributed by atoms with Gasteiger partial charge < -0.3 is 19.4 Å². The van der Waals surface area contributed by atoms with Crippen LogP contribution in [0, 0.1) is 5.92 Å². The van der Waals surface area contributed by atoms with Crippen molar-refractivity contribution in [3.63, 3.8) is 0 Å². The van der Waals surface area contributed by atoms with Crippen LogP contribution in [0.3, 0.4) is 0 Å². The number of fused-ring (bicyclic) bond motifs is 4. The lowest BCUT2D eigenvalue weighted by atomic mass is 9.94. The zero-order valence-electron chi connectivity index (χ0n) is 15.1. The Bertz CT molecular complexity index is 649. The van der Waals surface area contributed by atoms with Crippen molar-refractivity contribution in [3.05, 3.63) is 29.6 Å². The summed E-state index contributed by atoms with van der Waals surface area (Å²) in [5.74, 6) is 0.278. The van der Waals surface area contributed by atoms with E-state index in [2.05, 4.69) is 4.98 Å². The van der Waals surface area contributed by atoms with Crippen LogP contribution >= 0.6 is 0 Å². The highest BCUT2D eigenvalue weighted by Gasteiger charge is 2.39. The summed E-state index contributed by atoms with van der Waals surface area (Å²) in [6, 6.07) is 5.52. The molecule has 25 heavy (non-hydrogen) atoms. The van der Waals surface area contributed by atoms with Gasteiger partial charge >= 0.3 is 6.03 Å². The van der Waals surface area contributed by atoms with E-state index in [4.69, 9.17) is 4.74 Å². The largest absolute Gasteiger partial charge is 0.378 e. The van der Waals surface area contributed by atoms with Crippen LogP contribution in [0.1, 0.15) is 29.0 Å². The van der Waals surface area contributed by atoms with Crippen molar-refractivity contribution >= 4 is 11.9 Å². The maximum Gasteiger partial charge on any atom is 0.319 e. The molecule has 4 heterocycles. The third kappa shape index (κ3) is 3.76. The number of amides is 3.